The maximum Gasteiger partial charge on any atom is 0.238 e. The van der Waals surface area contributed by atoms with Crippen LogP contribution < -0.4 is 5.32 Å². The molecule has 0 unspecified atom stereocenters. The molecule has 0 bridgehead atoms. The Bertz CT molecular complexity index is 307. The Morgan fingerprint density at radius 1 is 1.22 bits per heavy atom. The smallest absolute Gasteiger partial charge is 0.238 e. The summed E-state index contributed by atoms with van der Waals surface area (Å²) in [5.41, 5.74) is 0. The van der Waals surface area contributed by atoms with Gasteiger partial charge in [-0.15, -0.1) is 0 Å². The zero-order chi connectivity index (χ0) is 13.8. The number of alkyl halides is 1. The number of amides is 2. The van der Waals surface area contributed by atoms with E-state index in [1.807, 2.05) is 25.7 Å². The van der Waals surface area contributed by atoms with Gasteiger partial charge < -0.3 is 10.2 Å². The molecule has 1 N–H and O–H groups in total. The second-order valence-corrected chi connectivity index (χ2v) is 6.98. The summed E-state index contributed by atoms with van der Waals surface area (Å²) in [4.78, 5) is 27.4. The van der Waals surface area contributed by atoms with Gasteiger partial charge in [0.15, 0.2) is 0 Å². The van der Waals surface area contributed by atoms with Crippen molar-refractivity contribution < 1.29 is 9.59 Å². The topological polar surface area (TPSA) is 52.7 Å². The second-order valence-electron chi connectivity index (χ2n) is 4.99. The largest absolute Gasteiger partial charge is 0.355 e. The van der Waals surface area contributed by atoms with Gasteiger partial charge in [0, 0.05) is 32.7 Å². The first-order valence-electron chi connectivity index (χ1n) is 6.32. The molecule has 1 fully saturated rings. The summed E-state index contributed by atoms with van der Waals surface area (Å²) in [6.07, 6.45) is 0. The molecular formula is C12H22BrN3O2. The molecule has 1 aliphatic rings. The van der Waals surface area contributed by atoms with Crippen LogP contribution in [0.5, 0.6) is 0 Å². The van der Waals surface area contributed by atoms with Crippen LogP contribution in [-0.2, 0) is 9.59 Å². The lowest BCUT2D eigenvalue weighted by atomic mass is 10.1. The monoisotopic (exact) mass is 319 g/mol. The van der Waals surface area contributed by atoms with Gasteiger partial charge >= 0.3 is 0 Å². The number of hydrogen-bond acceptors (Lipinski definition) is 3. The summed E-state index contributed by atoms with van der Waals surface area (Å²) in [5.74, 6) is 0.165. The van der Waals surface area contributed by atoms with E-state index in [1.165, 1.54) is 0 Å². The van der Waals surface area contributed by atoms with Crippen LogP contribution in [0, 0.1) is 0 Å². The van der Waals surface area contributed by atoms with Crippen molar-refractivity contribution in [3.8, 4) is 0 Å². The SMILES string of the molecule is CCNC(=O)CN1CCN(C(=O)C(C)(C)Br)CC1. The number of piperazine rings is 1. The van der Waals surface area contributed by atoms with Gasteiger partial charge in [0.25, 0.3) is 0 Å². The van der Waals surface area contributed by atoms with Crippen molar-refractivity contribution in [3.63, 3.8) is 0 Å². The molecule has 6 heteroatoms. The van der Waals surface area contributed by atoms with Crippen LogP contribution in [0.1, 0.15) is 20.8 Å². The number of halogens is 1. The molecule has 18 heavy (non-hydrogen) atoms. The van der Waals surface area contributed by atoms with Gasteiger partial charge in [-0.2, -0.15) is 0 Å². The minimum absolute atomic E-state index is 0.0538. The van der Waals surface area contributed by atoms with Gasteiger partial charge in [-0.1, -0.05) is 15.9 Å². The van der Waals surface area contributed by atoms with Crippen molar-refractivity contribution in [1.82, 2.24) is 15.1 Å². The Kier molecular flexibility index (Phi) is 5.59. The molecule has 0 radical (unpaired) electrons. The van der Waals surface area contributed by atoms with E-state index in [-0.39, 0.29) is 11.8 Å². The van der Waals surface area contributed by atoms with Crippen LogP contribution >= 0.6 is 15.9 Å². The molecule has 2 amide bonds. The number of carbonyl (C=O) groups is 2. The average molecular weight is 320 g/mol. The molecule has 1 heterocycles. The maximum atomic E-state index is 12.0. The van der Waals surface area contributed by atoms with Gasteiger partial charge in [0.1, 0.15) is 0 Å². The van der Waals surface area contributed by atoms with E-state index in [2.05, 4.69) is 26.1 Å². The van der Waals surface area contributed by atoms with E-state index in [9.17, 15) is 9.59 Å². The molecule has 1 aliphatic heterocycles. The fraction of sp³-hybridized carbons (Fsp3) is 0.833. The van der Waals surface area contributed by atoms with E-state index >= 15 is 0 Å². The molecular weight excluding hydrogens is 298 g/mol. The van der Waals surface area contributed by atoms with Crippen molar-refractivity contribution in [2.24, 2.45) is 0 Å². The summed E-state index contributed by atoms with van der Waals surface area (Å²) >= 11 is 3.39. The minimum Gasteiger partial charge on any atom is -0.355 e. The summed E-state index contributed by atoms with van der Waals surface area (Å²) in [7, 11) is 0. The average Bonchev–Trinajstić information content (AvgIpc) is 2.28. The zero-order valence-corrected chi connectivity index (χ0v) is 12.9. The van der Waals surface area contributed by atoms with Gasteiger partial charge in [0.05, 0.1) is 10.9 Å². The van der Waals surface area contributed by atoms with E-state index in [4.69, 9.17) is 0 Å². The van der Waals surface area contributed by atoms with Gasteiger partial charge in [-0.3, -0.25) is 14.5 Å². The van der Waals surface area contributed by atoms with Crippen molar-refractivity contribution in [3.05, 3.63) is 0 Å². The van der Waals surface area contributed by atoms with Crippen molar-refractivity contribution in [2.45, 2.75) is 25.1 Å². The molecule has 0 aromatic heterocycles. The highest BCUT2D eigenvalue weighted by molar-refractivity contribution is 9.10. The van der Waals surface area contributed by atoms with E-state index < -0.39 is 4.32 Å². The van der Waals surface area contributed by atoms with Crippen LogP contribution in [0.2, 0.25) is 0 Å². The van der Waals surface area contributed by atoms with E-state index in [1.54, 1.807) is 0 Å². The quantitative estimate of drug-likeness (QED) is 0.765. The Hall–Kier alpha value is -0.620. The maximum absolute atomic E-state index is 12.0. The lowest BCUT2D eigenvalue weighted by Crippen LogP contribution is -2.54. The Labute approximate surface area is 117 Å². The zero-order valence-electron chi connectivity index (χ0n) is 11.3. The standard InChI is InChI=1S/C12H22BrN3O2/c1-4-14-10(17)9-15-5-7-16(8-6-15)11(18)12(2,3)13/h4-9H2,1-3H3,(H,14,17). The molecule has 1 saturated heterocycles. The Balaban J connectivity index is 2.37. The van der Waals surface area contributed by atoms with Gasteiger partial charge in [-0.05, 0) is 20.8 Å². The predicted octanol–water partition coefficient (Wildman–Crippen LogP) is 0.440. The highest BCUT2D eigenvalue weighted by atomic mass is 79.9. The molecule has 0 aliphatic carbocycles. The first-order chi connectivity index (χ1) is 8.34. The van der Waals surface area contributed by atoms with Crippen LogP contribution in [0.3, 0.4) is 0 Å². The molecule has 1 rings (SSSR count). The van der Waals surface area contributed by atoms with Crippen LogP contribution in [-0.4, -0.2) is 65.2 Å². The predicted molar refractivity (Wildman–Crippen MR) is 74.7 cm³/mol. The third-order valence-electron chi connectivity index (χ3n) is 2.91. The first-order valence-corrected chi connectivity index (χ1v) is 7.11. The number of hydrogen-bond donors (Lipinski definition) is 1. The lowest BCUT2D eigenvalue weighted by molar-refractivity contribution is -0.134. The van der Waals surface area contributed by atoms with Crippen molar-refractivity contribution in [1.29, 1.82) is 0 Å². The number of nitrogens with one attached hydrogen (secondary N) is 1. The second kappa shape index (κ2) is 6.52. The van der Waals surface area contributed by atoms with E-state index in [0.717, 1.165) is 13.1 Å². The first kappa shape index (κ1) is 15.4. The lowest BCUT2D eigenvalue weighted by Gasteiger charge is -2.36. The summed E-state index contributed by atoms with van der Waals surface area (Å²) in [6.45, 7) is 9.60. The molecule has 104 valence electrons. The molecule has 0 aromatic carbocycles. The Morgan fingerprint density at radius 3 is 2.22 bits per heavy atom. The summed E-state index contributed by atoms with van der Waals surface area (Å²) in [6, 6.07) is 0. The third-order valence-corrected chi connectivity index (χ3v) is 3.25. The number of likely N-dealkylation sites (N-methyl/N-ethyl adjacent to an activating group) is 1. The number of rotatable bonds is 4. The van der Waals surface area contributed by atoms with Crippen LogP contribution in [0.25, 0.3) is 0 Å². The third kappa shape index (κ3) is 4.57. The highest BCUT2D eigenvalue weighted by Gasteiger charge is 2.31. The Morgan fingerprint density at radius 2 is 1.78 bits per heavy atom. The number of carbonyl (C=O) groups excluding carboxylic acids is 2. The fourth-order valence-electron chi connectivity index (χ4n) is 1.94. The van der Waals surface area contributed by atoms with Gasteiger partial charge in [0.2, 0.25) is 11.8 Å². The van der Waals surface area contributed by atoms with Crippen LogP contribution in [0.4, 0.5) is 0 Å². The minimum atomic E-state index is -0.505. The molecule has 0 saturated carbocycles. The number of nitrogens with zero attached hydrogens (tertiary/aromatic N) is 2. The van der Waals surface area contributed by atoms with Crippen molar-refractivity contribution in [2.75, 3.05) is 39.3 Å². The molecule has 0 atom stereocenters. The fourth-order valence-corrected chi connectivity index (χ4v) is 2.19. The molecule has 0 spiro atoms. The van der Waals surface area contributed by atoms with Crippen molar-refractivity contribution >= 4 is 27.7 Å². The summed E-state index contributed by atoms with van der Waals surface area (Å²) < 4.78 is -0.505. The molecule has 5 nitrogen and oxygen atoms in total. The van der Waals surface area contributed by atoms with E-state index in [0.29, 0.717) is 26.2 Å². The normalized spacial score (nSPS) is 17.7. The molecule has 0 aromatic rings. The van der Waals surface area contributed by atoms with Crippen LogP contribution in [0.15, 0.2) is 0 Å². The highest BCUT2D eigenvalue weighted by Crippen LogP contribution is 2.20. The summed E-state index contributed by atoms with van der Waals surface area (Å²) in [5, 5.41) is 2.78. The van der Waals surface area contributed by atoms with Gasteiger partial charge in [-0.25, -0.2) is 0 Å².